The van der Waals surface area contributed by atoms with E-state index in [0.29, 0.717) is 13.2 Å². The average Bonchev–Trinajstić information content (AvgIpc) is 2.46. The van der Waals surface area contributed by atoms with Crippen LogP contribution < -0.4 is 4.72 Å². The SMILES string of the molecule is CN1CCOC(CNS(=O)(=O)c2ccc(CC#N)cc2)C1. The molecule has 0 aromatic heterocycles. The van der Waals surface area contributed by atoms with E-state index in [1.807, 2.05) is 13.1 Å². The predicted molar refractivity (Wildman–Crippen MR) is 78.2 cm³/mol. The van der Waals surface area contributed by atoms with Gasteiger partial charge >= 0.3 is 0 Å². The number of hydrogen-bond acceptors (Lipinski definition) is 5. The summed E-state index contributed by atoms with van der Waals surface area (Å²) in [7, 11) is -1.56. The van der Waals surface area contributed by atoms with Crippen molar-refractivity contribution in [2.75, 3.05) is 33.3 Å². The number of sulfonamides is 1. The van der Waals surface area contributed by atoms with Crippen molar-refractivity contribution >= 4 is 10.0 Å². The van der Waals surface area contributed by atoms with Crippen LogP contribution in [0.15, 0.2) is 29.2 Å². The number of rotatable bonds is 5. The molecule has 0 bridgehead atoms. The molecule has 2 rings (SSSR count). The molecule has 1 N–H and O–H groups in total. The highest BCUT2D eigenvalue weighted by atomic mass is 32.2. The molecule has 0 radical (unpaired) electrons. The number of nitriles is 1. The van der Waals surface area contributed by atoms with E-state index >= 15 is 0 Å². The maximum atomic E-state index is 12.2. The first-order chi connectivity index (χ1) is 10.0. The van der Waals surface area contributed by atoms with Crippen LogP contribution in [0.4, 0.5) is 0 Å². The number of likely N-dealkylation sites (N-methyl/N-ethyl adjacent to an activating group) is 1. The van der Waals surface area contributed by atoms with Crippen molar-refractivity contribution in [2.24, 2.45) is 0 Å². The van der Waals surface area contributed by atoms with Gasteiger partial charge in [0.15, 0.2) is 0 Å². The molecule has 1 atom stereocenters. The van der Waals surface area contributed by atoms with Gasteiger partial charge in [-0.25, -0.2) is 13.1 Å². The number of ether oxygens (including phenoxy) is 1. The monoisotopic (exact) mass is 309 g/mol. The zero-order valence-corrected chi connectivity index (χ0v) is 12.8. The number of benzene rings is 1. The lowest BCUT2D eigenvalue weighted by atomic mass is 10.2. The lowest BCUT2D eigenvalue weighted by Gasteiger charge is -2.30. The highest BCUT2D eigenvalue weighted by Crippen LogP contribution is 2.11. The number of morpholine rings is 1. The molecule has 1 heterocycles. The fourth-order valence-corrected chi connectivity index (χ4v) is 3.22. The van der Waals surface area contributed by atoms with E-state index in [9.17, 15) is 8.42 Å². The minimum Gasteiger partial charge on any atom is -0.374 e. The first-order valence-corrected chi connectivity index (χ1v) is 8.25. The number of nitrogens with zero attached hydrogens (tertiary/aromatic N) is 2. The molecule has 21 heavy (non-hydrogen) atoms. The first-order valence-electron chi connectivity index (χ1n) is 6.77. The zero-order valence-electron chi connectivity index (χ0n) is 11.9. The molecular weight excluding hydrogens is 290 g/mol. The van der Waals surface area contributed by atoms with Crippen LogP contribution in [-0.2, 0) is 21.2 Å². The second-order valence-corrected chi connectivity index (χ2v) is 6.85. The minimum atomic E-state index is -3.54. The smallest absolute Gasteiger partial charge is 0.240 e. The van der Waals surface area contributed by atoms with E-state index in [2.05, 4.69) is 9.62 Å². The van der Waals surface area contributed by atoms with Gasteiger partial charge in [-0.15, -0.1) is 0 Å². The summed E-state index contributed by atoms with van der Waals surface area (Å²) < 4.78 is 32.5. The lowest BCUT2D eigenvalue weighted by molar-refractivity contribution is -0.0156. The van der Waals surface area contributed by atoms with E-state index in [4.69, 9.17) is 10.00 Å². The van der Waals surface area contributed by atoms with Crippen LogP contribution >= 0.6 is 0 Å². The summed E-state index contributed by atoms with van der Waals surface area (Å²) >= 11 is 0. The lowest BCUT2D eigenvalue weighted by Crippen LogP contribution is -2.45. The van der Waals surface area contributed by atoms with Gasteiger partial charge in [-0.2, -0.15) is 5.26 Å². The van der Waals surface area contributed by atoms with Crippen molar-refractivity contribution in [3.63, 3.8) is 0 Å². The predicted octanol–water partition coefficient (Wildman–Crippen LogP) is 0.362. The Morgan fingerprint density at radius 2 is 2.14 bits per heavy atom. The summed E-state index contributed by atoms with van der Waals surface area (Å²) in [5.41, 5.74) is 0.800. The van der Waals surface area contributed by atoms with Crippen LogP contribution in [0.25, 0.3) is 0 Å². The Bertz CT molecular complexity index is 607. The molecule has 1 saturated heterocycles. The summed E-state index contributed by atoms with van der Waals surface area (Å²) in [5, 5.41) is 8.60. The third-order valence-corrected chi connectivity index (χ3v) is 4.80. The van der Waals surface area contributed by atoms with Gasteiger partial charge < -0.3 is 9.64 Å². The van der Waals surface area contributed by atoms with E-state index in [0.717, 1.165) is 12.1 Å². The molecule has 1 unspecified atom stereocenters. The molecule has 0 spiro atoms. The quantitative estimate of drug-likeness (QED) is 0.849. The molecule has 1 fully saturated rings. The Kier molecular flexibility index (Phi) is 5.31. The van der Waals surface area contributed by atoms with Crippen LogP contribution in [0.2, 0.25) is 0 Å². The van der Waals surface area contributed by atoms with Crippen molar-refractivity contribution in [3.8, 4) is 6.07 Å². The van der Waals surface area contributed by atoms with Crippen molar-refractivity contribution in [2.45, 2.75) is 17.4 Å². The second-order valence-electron chi connectivity index (χ2n) is 5.09. The van der Waals surface area contributed by atoms with Gasteiger partial charge in [0.05, 0.1) is 30.1 Å². The standard InChI is InChI=1S/C14H19N3O3S/c1-17-8-9-20-13(11-17)10-16-21(18,19)14-4-2-12(3-5-14)6-7-15/h2-5,13,16H,6,8-11H2,1H3. The van der Waals surface area contributed by atoms with Crippen LogP contribution in [0.3, 0.4) is 0 Å². The molecule has 1 aliphatic rings. The van der Waals surface area contributed by atoms with Gasteiger partial charge in [0, 0.05) is 19.6 Å². The van der Waals surface area contributed by atoms with E-state index < -0.39 is 10.0 Å². The third kappa shape index (κ3) is 4.51. The highest BCUT2D eigenvalue weighted by molar-refractivity contribution is 7.89. The Morgan fingerprint density at radius 1 is 1.43 bits per heavy atom. The fraction of sp³-hybridized carbons (Fsp3) is 0.500. The minimum absolute atomic E-state index is 0.128. The van der Waals surface area contributed by atoms with Crippen LogP contribution in [-0.4, -0.2) is 52.7 Å². The molecule has 6 nitrogen and oxygen atoms in total. The van der Waals surface area contributed by atoms with Gasteiger partial charge in [0.1, 0.15) is 0 Å². The zero-order chi connectivity index (χ0) is 15.3. The average molecular weight is 309 g/mol. The van der Waals surface area contributed by atoms with Gasteiger partial charge in [-0.3, -0.25) is 0 Å². The molecule has 1 aromatic rings. The summed E-state index contributed by atoms with van der Waals surface area (Å²) in [6.07, 6.45) is 0.145. The number of nitrogens with one attached hydrogen (secondary N) is 1. The number of hydrogen-bond donors (Lipinski definition) is 1. The Morgan fingerprint density at radius 3 is 2.76 bits per heavy atom. The van der Waals surface area contributed by atoms with Crippen molar-refractivity contribution in [1.82, 2.24) is 9.62 Å². The van der Waals surface area contributed by atoms with Gasteiger partial charge in [-0.05, 0) is 24.7 Å². The van der Waals surface area contributed by atoms with E-state index in [1.165, 1.54) is 12.1 Å². The molecule has 7 heteroatoms. The van der Waals surface area contributed by atoms with Gasteiger partial charge in [-0.1, -0.05) is 12.1 Å². The molecule has 0 amide bonds. The summed E-state index contributed by atoms with van der Waals surface area (Å²) in [6.45, 7) is 2.45. The second kappa shape index (κ2) is 7.00. The van der Waals surface area contributed by atoms with Crippen molar-refractivity contribution < 1.29 is 13.2 Å². The molecular formula is C14H19N3O3S. The Labute approximate surface area is 125 Å². The summed E-state index contributed by atoms with van der Waals surface area (Å²) in [6, 6.07) is 8.37. The van der Waals surface area contributed by atoms with Crippen LogP contribution in [0, 0.1) is 11.3 Å². The van der Waals surface area contributed by atoms with E-state index in [1.54, 1.807) is 12.1 Å². The first kappa shape index (κ1) is 15.9. The van der Waals surface area contributed by atoms with Gasteiger partial charge in [0.2, 0.25) is 10.0 Å². The molecule has 0 saturated carbocycles. The Balaban J connectivity index is 1.96. The van der Waals surface area contributed by atoms with E-state index in [-0.39, 0.29) is 24.0 Å². The van der Waals surface area contributed by atoms with Gasteiger partial charge in [0.25, 0.3) is 0 Å². The fourth-order valence-electron chi connectivity index (χ4n) is 2.15. The van der Waals surface area contributed by atoms with Crippen LogP contribution in [0.1, 0.15) is 5.56 Å². The van der Waals surface area contributed by atoms with Crippen molar-refractivity contribution in [1.29, 1.82) is 5.26 Å². The highest BCUT2D eigenvalue weighted by Gasteiger charge is 2.21. The topological polar surface area (TPSA) is 82.4 Å². The normalized spacial score (nSPS) is 20.1. The molecule has 1 aromatic carbocycles. The summed E-state index contributed by atoms with van der Waals surface area (Å²) in [4.78, 5) is 2.31. The maximum absolute atomic E-state index is 12.2. The molecule has 1 aliphatic heterocycles. The molecule has 114 valence electrons. The van der Waals surface area contributed by atoms with Crippen molar-refractivity contribution in [3.05, 3.63) is 29.8 Å². The molecule has 0 aliphatic carbocycles. The maximum Gasteiger partial charge on any atom is 0.240 e. The van der Waals surface area contributed by atoms with Crippen LogP contribution in [0.5, 0.6) is 0 Å². The summed E-state index contributed by atoms with van der Waals surface area (Å²) in [5.74, 6) is 0. The third-order valence-electron chi connectivity index (χ3n) is 3.36. The largest absolute Gasteiger partial charge is 0.374 e. The Hall–Kier alpha value is -1.46.